The molecule has 0 aliphatic heterocycles. The van der Waals surface area contributed by atoms with E-state index in [2.05, 4.69) is 20.3 Å². The largest absolute Gasteiger partial charge is 0.493 e. The second-order valence-corrected chi connectivity index (χ2v) is 8.39. The minimum atomic E-state index is -4.51. The van der Waals surface area contributed by atoms with Crippen LogP contribution in [-0.2, 0) is 12.8 Å². The van der Waals surface area contributed by atoms with Crippen molar-refractivity contribution < 1.29 is 22.6 Å². The molecule has 10 heteroatoms. The molecule has 1 N–H and O–H groups in total. The maximum Gasteiger partial charge on any atom is 0.418 e. The van der Waals surface area contributed by atoms with Gasteiger partial charge in [-0.25, -0.2) is 15.0 Å². The molecule has 5 rings (SSSR count). The minimum absolute atomic E-state index is 0.109. The molecule has 2 heterocycles. The first-order valence-corrected chi connectivity index (χ1v) is 11.0. The summed E-state index contributed by atoms with van der Waals surface area (Å²) in [5.74, 6) is 1.05. The van der Waals surface area contributed by atoms with E-state index in [4.69, 9.17) is 9.47 Å². The van der Waals surface area contributed by atoms with E-state index in [1.807, 2.05) is 24.3 Å². The van der Waals surface area contributed by atoms with Gasteiger partial charge < -0.3 is 14.8 Å². The molecule has 6 nitrogen and oxygen atoms in total. The maximum atomic E-state index is 13.5. The van der Waals surface area contributed by atoms with E-state index in [0.717, 1.165) is 21.3 Å². The number of halogens is 3. The second-order valence-electron chi connectivity index (χ2n) is 7.27. The van der Waals surface area contributed by atoms with Gasteiger partial charge in [-0.3, -0.25) is 0 Å². The number of hydrogen-bond donors (Lipinski definition) is 1. The van der Waals surface area contributed by atoms with Crippen LogP contribution >= 0.6 is 11.3 Å². The Morgan fingerprint density at radius 2 is 1.74 bits per heavy atom. The SMILES string of the molecule is COc1cc2ncnc(Nc3ccccc3C(F)(F)F)c2cc1OCc1nc2ccccc2s1. The van der Waals surface area contributed by atoms with Crippen molar-refractivity contribution in [3.05, 3.63) is 77.6 Å². The van der Waals surface area contributed by atoms with E-state index >= 15 is 0 Å². The second kappa shape index (κ2) is 8.79. The quantitative estimate of drug-likeness (QED) is 0.295. The van der Waals surface area contributed by atoms with E-state index < -0.39 is 11.7 Å². The Hall–Kier alpha value is -3.92. The van der Waals surface area contributed by atoms with Crippen molar-refractivity contribution in [3.8, 4) is 11.5 Å². The van der Waals surface area contributed by atoms with Crippen LogP contribution in [0, 0.1) is 0 Å². The number of fused-ring (bicyclic) bond motifs is 2. The molecular formula is C24H17F3N4O2S. The summed E-state index contributed by atoms with van der Waals surface area (Å²) in [5, 5.41) is 4.07. The smallest absolute Gasteiger partial charge is 0.418 e. The molecule has 34 heavy (non-hydrogen) atoms. The van der Waals surface area contributed by atoms with Gasteiger partial charge in [-0.1, -0.05) is 24.3 Å². The molecule has 5 aromatic rings. The van der Waals surface area contributed by atoms with Gasteiger partial charge in [0.2, 0.25) is 0 Å². The molecular weight excluding hydrogens is 465 g/mol. The number of hydrogen-bond acceptors (Lipinski definition) is 7. The van der Waals surface area contributed by atoms with E-state index in [-0.39, 0.29) is 18.1 Å². The number of benzene rings is 3. The lowest BCUT2D eigenvalue weighted by Crippen LogP contribution is -2.09. The molecule has 0 amide bonds. The summed E-state index contributed by atoms with van der Waals surface area (Å²) >= 11 is 1.52. The molecule has 0 atom stereocenters. The molecule has 3 aromatic carbocycles. The predicted molar refractivity (Wildman–Crippen MR) is 125 cm³/mol. The van der Waals surface area contributed by atoms with Gasteiger partial charge in [0.15, 0.2) is 11.5 Å². The van der Waals surface area contributed by atoms with Crippen LogP contribution in [-0.4, -0.2) is 22.1 Å². The molecule has 0 radical (unpaired) electrons. The number of ether oxygens (including phenoxy) is 2. The number of nitrogens with zero attached hydrogens (tertiary/aromatic N) is 3. The maximum absolute atomic E-state index is 13.5. The van der Waals surface area contributed by atoms with Crippen molar-refractivity contribution in [3.63, 3.8) is 0 Å². The molecule has 0 saturated heterocycles. The summed E-state index contributed by atoms with van der Waals surface area (Å²) in [6.07, 6.45) is -3.23. The molecule has 0 aliphatic rings. The number of thiazole rings is 1. The zero-order valence-electron chi connectivity index (χ0n) is 17.8. The van der Waals surface area contributed by atoms with Crippen molar-refractivity contribution in [2.24, 2.45) is 0 Å². The van der Waals surface area contributed by atoms with Crippen molar-refractivity contribution in [2.45, 2.75) is 12.8 Å². The summed E-state index contributed by atoms with van der Waals surface area (Å²) in [5.41, 5.74) is 0.483. The predicted octanol–water partition coefficient (Wildman–Crippen LogP) is 6.59. The Kier molecular flexibility index (Phi) is 5.66. The highest BCUT2D eigenvalue weighted by atomic mass is 32.1. The third kappa shape index (κ3) is 4.32. The zero-order valence-corrected chi connectivity index (χ0v) is 18.6. The van der Waals surface area contributed by atoms with Crippen molar-refractivity contribution in [1.82, 2.24) is 15.0 Å². The van der Waals surface area contributed by atoms with E-state index in [0.29, 0.717) is 22.4 Å². The average Bonchev–Trinajstić information content (AvgIpc) is 3.25. The van der Waals surface area contributed by atoms with Crippen LogP contribution in [0.1, 0.15) is 10.6 Å². The normalized spacial score (nSPS) is 11.6. The Balaban J connectivity index is 1.49. The fourth-order valence-corrected chi connectivity index (χ4v) is 4.40. The van der Waals surface area contributed by atoms with Crippen molar-refractivity contribution in [2.75, 3.05) is 12.4 Å². The number of para-hydroxylation sites is 2. The van der Waals surface area contributed by atoms with Crippen LogP contribution in [0.2, 0.25) is 0 Å². The standard InChI is InChI=1S/C24H17F3N4O2S/c1-32-19-11-18-14(10-20(19)33-12-22-30-17-8-4-5-9-21(17)34-22)23(29-13-28-18)31-16-7-3-2-6-15(16)24(25,26)27/h2-11,13H,12H2,1H3,(H,28,29,31). The molecule has 2 aromatic heterocycles. The van der Waals surface area contributed by atoms with E-state index in [1.54, 1.807) is 12.1 Å². The Morgan fingerprint density at radius 1 is 0.941 bits per heavy atom. The van der Waals surface area contributed by atoms with Gasteiger partial charge in [0.25, 0.3) is 0 Å². The zero-order chi connectivity index (χ0) is 23.7. The first-order valence-electron chi connectivity index (χ1n) is 10.2. The lowest BCUT2D eigenvalue weighted by atomic mass is 10.1. The fourth-order valence-electron chi connectivity index (χ4n) is 3.52. The Morgan fingerprint density at radius 3 is 2.53 bits per heavy atom. The van der Waals surface area contributed by atoms with Gasteiger partial charge in [0.05, 0.1) is 34.1 Å². The molecule has 0 unspecified atom stereocenters. The fraction of sp³-hybridized carbons (Fsp3) is 0.125. The average molecular weight is 482 g/mol. The third-order valence-corrected chi connectivity index (χ3v) is 6.11. The highest BCUT2D eigenvalue weighted by Gasteiger charge is 2.33. The highest BCUT2D eigenvalue weighted by molar-refractivity contribution is 7.18. The van der Waals surface area contributed by atoms with E-state index in [9.17, 15) is 13.2 Å². The third-order valence-electron chi connectivity index (χ3n) is 5.10. The lowest BCUT2D eigenvalue weighted by Gasteiger charge is -2.16. The number of rotatable bonds is 6. The number of aromatic nitrogens is 3. The van der Waals surface area contributed by atoms with Gasteiger partial charge in [0, 0.05) is 11.5 Å². The summed E-state index contributed by atoms with van der Waals surface area (Å²) in [4.78, 5) is 13.0. The van der Waals surface area contributed by atoms with Gasteiger partial charge in [0.1, 0.15) is 23.8 Å². The summed E-state index contributed by atoms with van der Waals surface area (Å²) in [6.45, 7) is 0.203. The van der Waals surface area contributed by atoms with Crippen LogP contribution in [0.3, 0.4) is 0 Å². The number of anilines is 2. The molecule has 0 spiro atoms. The van der Waals surface area contributed by atoms with Crippen LogP contribution in [0.4, 0.5) is 24.7 Å². The Labute approximate surface area is 196 Å². The molecule has 0 bridgehead atoms. The summed E-state index contributed by atoms with van der Waals surface area (Å²) < 4.78 is 52.9. The van der Waals surface area contributed by atoms with Crippen molar-refractivity contribution >= 4 is 44.0 Å². The van der Waals surface area contributed by atoms with Crippen LogP contribution in [0.15, 0.2) is 67.0 Å². The summed E-state index contributed by atoms with van der Waals surface area (Å²) in [6, 6.07) is 16.3. The lowest BCUT2D eigenvalue weighted by molar-refractivity contribution is -0.136. The van der Waals surface area contributed by atoms with E-state index in [1.165, 1.54) is 43.0 Å². The summed E-state index contributed by atoms with van der Waals surface area (Å²) in [7, 11) is 1.51. The first kappa shape index (κ1) is 21.9. The topological polar surface area (TPSA) is 69.2 Å². The first-order chi connectivity index (χ1) is 16.4. The molecule has 0 aliphatic carbocycles. The number of methoxy groups -OCH3 is 1. The van der Waals surface area contributed by atoms with Gasteiger partial charge in [-0.15, -0.1) is 11.3 Å². The highest BCUT2D eigenvalue weighted by Crippen LogP contribution is 2.38. The molecule has 172 valence electrons. The molecule has 0 fully saturated rings. The minimum Gasteiger partial charge on any atom is -0.493 e. The molecule has 0 saturated carbocycles. The van der Waals surface area contributed by atoms with Gasteiger partial charge in [-0.05, 0) is 30.3 Å². The van der Waals surface area contributed by atoms with Gasteiger partial charge in [-0.2, -0.15) is 13.2 Å². The number of nitrogens with one attached hydrogen (secondary N) is 1. The van der Waals surface area contributed by atoms with Crippen LogP contribution in [0.25, 0.3) is 21.1 Å². The van der Waals surface area contributed by atoms with Crippen molar-refractivity contribution in [1.29, 1.82) is 0 Å². The monoisotopic (exact) mass is 482 g/mol. The van der Waals surface area contributed by atoms with Gasteiger partial charge >= 0.3 is 6.18 Å². The Bertz CT molecular complexity index is 1450. The van der Waals surface area contributed by atoms with Crippen LogP contribution in [0.5, 0.6) is 11.5 Å². The number of alkyl halides is 3. The van der Waals surface area contributed by atoms with Crippen LogP contribution < -0.4 is 14.8 Å².